The molecule has 108 valence electrons. The minimum Gasteiger partial charge on any atom is -0.282 e. The first-order valence-corrected chi connectivity index (χ1v) is 8.45. The lowest BCUT2D eigenvalue weighted by atomic mass is 10.0. The second kappa shape index (κ2) is 6.37. The van der Waals surface area contributed by atoms with Crippen molar-refractivity contribution < 1.29 is 13.0 Å². The van der Waals surface area contributed by atoms with Crippen LogP contribution >= 0.6 is 0 Å². The summed E-state index contributed by atoms with van der Waals surface area (Å²) in [6.45, 7) is 2.18. The molecule has 0 aliphatic carbocycles. The Kier molecular flexibility index (Phi) is 4.78. The van der Waals surface area contributed by atoms with E-state index in [-0.39, 0.29) is 4.90 Å². The fraction of sp³-hybridized carbons (Fsp3) is 0.375. The van der Waals surface area contributed by atoms with Crippen LogP contribution in [-0.4, -0.2) is 13.0 Å². The van der Waals surface area contributed by atoms with Gasteiger partial charge in [-0.15, -0.1) is 0 Å². The lowest BCUT2D eigenvalue weighted by molar-refractivity contribution is 0.484. The van der Waals surface area contributed by atoms with Gasteiger partial charge < -0.3 is 0 Å². The van der Waals surface area contributed by atoms with Crippen LogP contribution < -0.4 is 0 Å². The van der Waals surface area contributed by atoms with Crippen molar-refractivity contribution in [2.75, 3.05) is 0 Å². The second-order valence-electron chi connectivity index (χ2n) is 5.10. The van der Waals surface area contributed by atoms with Crippen LogP contribution in [0.25, 0.3) is 10.8 Å². The fourth-order valence-corrected chi connectivity index (χ4v) is 3.13. The summed E-state index contributed by atoms with van der Waals surface area (Å²) in [6.07, 6.45) is 5.66. The fourth-order valence-electron chi connectivity index (χ4n) is 2.43. The molecule has 20 heavy (non-hydrogen) atoms. The van der Waals surface area contributed by atoms with Gasteiger partial charge in [-0.05, 0) is 35.9 Å². The maximum absolute atomic E-state index is 11.4. The molecule has 2 rings (SSSR count). The van der Waals surface area contributed by atoms with Crippen molar-refractivity contribution in [3.8, 4) is 0 Å². The first kappa shape index (κ1) is 15.0. The Balaban J connectivity index is 2.32. The predicted octanol–water partition coefficient (Wildman–Crippen LogP) is 4.21. The van der Waals surface area contributed by atoms with E-state index in [1.165, 1.54) is 25.3 Å². The molecule has 4 heteroatoms. The zero-order valence-electron chi connectivity index (χ0n) is 11.7. The number of hydrogen-bond acceptors (Lipinski definition) is 2. The third-order valence-electron chi connectivity index (χ3n) is 3.50. The SMILES string of the molecule is CCCCCCc1ccc2cccc(S(=O)(=O)O)c2c1. The molecule has 0 aromatic heterocycles. The van der Waals surface area contributed by atoms with Crippen LogP contribution in [0.4, 0.5) is 0 Å². The summed E-state index contributed by atoms with van der Waals surface area (Å²) in [7, 11) is -4.18. The minimum atomic E-state index is -4.18. The van der Waals surface area contributed by atoms with E-state index in [0.717, 1.165) is 23.8 Å². The van der Waals surface area contributed by atoms with Crippen molar-refractivity contribution >= 4 is 20.9 Å². The van der Waals surface area contributed by atoms with Crippen molar-refractivity contribution in [3.05, 3.63) is 42.0 Å². The molecule has 0 heterocycles. The first-order chi connectivity index (χ1) is 9.52. The minimum absolute atomic E-state index is 0.00888. The molecule has 0 saturated carbocycles. The van der Waals surface area contributed by atoms with Gasteiger partial charge in [0.1, 0.15) is 4.90 Å². The Hall–Kier alpha value is -1.39. The summed E-state index contributed by atoms with van der Waals surface area (Å²) in [5.41, 5.74) is 1.12. The van der Waals surface area contributed by atoms with Gasteiger partial charge in [0.15, 0.2) is 0 Å². The molecule has 3 nitrogen and oxygen atoms in total. The number of hydrogen-bond donors (Lipinski definition) is 1. The van der Waals surface area contributed by atoms with E-state index in [2.05, 4.69) is 6.92 Å². The maximum Gasteiger partial charge on any atom is 0.295 e. The number of unbranched alkanes of at least 4 members (excludes halogenated alkanes) is 3. The van der Waals surface area contributed by atoms with Gasteiger partial charge in [0, 0.05) is 5.39 Å². The van der Waals surface area contributed by atoms with Crippen LogP contribution in [0.15, 0.2) is 41.3 Å². The molecule has 0 radical (unpaired) electrons. The van der Waals surface area contributed by atoms with Gasteiger partial charge in [0.05, 0.1) is 0 Å². The third-order valence-corrected chi connectivity index (χ3v) is 4.42. The first-order valence-electron chi connectivity index (χ1n) is 7.01. The van der Waals surface area contributed by atoms with Gasteiger partial charge in [-0.1, -0.05) is 50.5 Å². The van der Waals surface area contributed by atoms with Gasteiger partial charge in [-0.25, -0.2) is 0 Å². The Bertz CT molecular complexity index is 690. The Morgan fingerprint density at radius 1 is 1.05 bits per heavy atom. The summed E-state index contributed by atoms with van der Waals surface area (Å²) >= 11 is 0. The normalized spacial score (nSPS) is 11.9. The largest absolute Gasteiger partial charge is 0.295 e. The summed E-state index contributed by atoms with van der Waals surface area (Å²) < 4.78 is 32.1. The van der Waals surface area contributed by atoms with E-state index in [9.17, 15) is 13.0 Å². The van der Waals surface area contributed by atoms with Crippen molar-refractivity contribution in [2.45, 2.75) is 43.9 Å². The number of fused-ring (bicyclic) bond motifs is 1. The smallest absolute Gasteiger partial charge is 0.282 e. The van der Waals surface area contributed by atoms with E-state index in [1.54, 1.807) is 6.07 Å². The highest BCUT2D eigenvalue weighted by Crippen LogP contribution is 2.24. The van der Waals surface area contributed by atoms with E-state index in [4.69, 9.17) is 0 Å². The van der Waals surface area contributed by atoms with E-state index >= 15 is 0 Å². The lowest BCUT2D eigenvalue weighted by Crippen LogP contribution is -1.99. The molecule has 0 atom stereocenters. The highest BCUT2D eigenvalue weighted by atomic mass is 32.2. The van der Waals surface area contributed by atoms with Crippen LogP contribution in [0.2, 0.25) is 0 Å². The van der Waals surface area contributed by atoms with Crippen LogP contribution in [0, 0.1) is 0 Å². The Labute approximate surface area is 120 Å². The monoisotopic (exact) mass is 292 g/mol. The Morgan fingerprint density at radius 2 is 1.85 bits per heavy atom. The quantitative estimate of drug-likeness (QED) is 0.641. The van der Waals surface area contributed by atoms with Crippen molar-refractivity contribution in [1.29, 1.82) is 0 Å². The van der Waals surface area contributed by atoms with Crippen molar-refractivity contribution in [3.63, 3.8) is 0 Å². The molecule has 0 aliphatic rings. The molecule has 0 fully saturated rings. The van der Waals surface area contributed by atoms with Crippen LogP contribution in [-0.2, 0) is 16.5 Å². The molecule has 0 aliphatic heterocycles. The van der Waals surface area contributed by atoms with Crippen LogP contribution in [0.3, 0.4) is 0 Å². The van der Waals surface area contributed by atoms with Gasteiger partial charge in [-0.2, -0.15) is 8.42 Å². The molecule has 0 amide bonds. The third kappa shape index (κ3) is 3.58. The summed E-state index contributed by atoms with van der Waals surface area (Å²) in [5, 5.41) is 1.43. The van der Waals surface area contributed by atoms with Crippen LogP contribution in [0.1, 0.15) is 38.2 Å². The van der Waals surface area contributed by atoms with Gasteiger partial charge >= 0.3 is 0 Å². The van der Waals surface area contributed by atoms with E-state index in [0.29, 0.717) is 5.39 Å². The maximum atomic E-state index is 11.4. The highest BCUT2D eigenvalue weighted by molar-refractivity contribution is 7.86. The predicted molar refractivity (Wildman–Crippen MR) is 81.6 cm³/mol. The molecular weight excluding hydrogens is 272 g/mol. The highest BCUT2D eigenvalue weighted by Gasteiger charge is 2.13. The standard InChI is InChI=1S/C16H20O3S/c1-2-3-4-5-7-13-10-11-14-8-6-9-16(15(14)12-13)20(17,18)19/h6,8-12H,2-5,7H2,1H3,(H,17,18,19). The van der Waals surface area contributed by atoms with E-state index in [1.807, 2.05) is 24.3 Å². The molecule has 1 N–H and O–H groups in total. The van der Waals surface area contributed by atoms with Gasteiger partial charge in [-0.3, -0.25) is 4.55 Å². The number of aryl methyl sites for hydroxylation is 1. The summed E-state index contributed by atoms with van der Waals surface area (Å²) in [4.78, 5) is -0.00888. The van der Waals surface area contributed by atoms with Gasteiger partial charge in [0.25, 0.3) is 10.1 Å². The van der Waals surface area contributed by atoms with Crippen molar-refractivity contribution in [1.82, 2.24) is 0 Å². The molecule has 2 aromatic rings. The average molecular weight is 292 g/mol. The summed E-state index contributed by atoms with van der Waals surface area (Å²) in [6, 6.07) is 10.8. The van der Waals surface area contributed by atoms with Gasteiger partial charge in [0.2, 0.25) is 0 Å². The molecule has 0 saturated heterocycles. The zero-order chi connectivity index (χ0) is 14.6. The zero-order valence-corrected chi connectivity index (χ0v) is 12.5. The van der Waals surface area contributed by atoms with Crippen molar-refractivity contribution in [2.24, 2.45) is 0 Å². The number of rotatable bonds is 6. The molecule has 0 bridgehead atoms. The second-order valence-corrected chi connectivity index (χ2v) is 6.49. The Morgan fingerprint density at radius 3 is 2.55 bits per heavy atom. The van der Waals surface area contributed by atoms with Crippen LogP contribution in [0.5, 0.6) is 0 Å². The average Bonchev–Trinajstić information content (AvgIpc) is 2.42. The number of benzene rings is 2. The van der Waals surface area contributed by atoms with E-state index < -0.39 is 10.1 Å². The molecule has 0 unspecified atom stereocenters. The topological polar surface area (TPSA) is 54.4 Å². The molecule has 2 aromatic carbocycles. The lowest BCUT2D eigenvalue weighted by Gasteiger charge is -2.07. The molecule has 0 spiro atoms. The summed E-state index contributed by atoms with van der Waals surface area (Å²) in [5.74, 6) is 0. The molecular formula is C16H20O3S.